The maximum absolute atomic E-state index is 11.1. The quantitative estimate of drug-likeness (QED) is 0.630. The Balaban J connectivity index is 2.26. The van der Waals surface area contributed by atoms with Gasteiger partial charge < -0.3 is 15.8 Å². The van der Waals surface area contributed by atoms with Crippen LogP contribution in [0.5, 0.6) is 0 Å². The van der Waals surface area contributed by atoms with Gasteiger partial charge in [-0.1, -0.05) is 0 Å². The number of nitro benzene ring substituents is 1. The highest BCUT2D eigenvalue weighted by Gasteiger charge is 2.20. The molecule has 0 aliphatic carbocycles. The Hall–Kier alpha value is -2.15. The molecule has 7 nitrogen and oxygen atoms in total. The van der Waals surface area contributed by atoms with Crippen LogP contribution in [-0.2, 0) is 4.74 Å². The average molecular weight is 265 g/mol. The topological polar surface area (TPSA) is 107 Å². The van der Waals surface area contributed by atoms with E-state index in [9.17, 15) is 14.9 Å². The Morgan fingerprint density at radius 3 is 2.68 bits per heavy atom. The van der Waals surface area contributed by atoms with Gasteiger partial charge in [0.25, 0.3) is 5.69 Å². The van der Waals surface area contributed by atoms with Crippen molar-refractivity contribution in [2.45, 2.75) is 18.9 Å². The molecule has 1 aromatic carbocycles. The Kier molecular flexibility index (Phi) is 3.96. The molecule has 1 saturated heterocycles. The van der Waals surface area contributed by atoms with Crippen molar-refractivity contribution in [2.24, 2.45) is 5.73 Å². The zero-order valence-electron chi connectivity index (χ0n) is 10.3. The van der Waals surface area contributed by atoms with Gasteiger partial charge in [0.15, 0.2) is 0 Å². The van der Waals surface area contributed by atoms with Crippen LogP contribution >= 0.6 is 0 Å². The van der Waals surface area contributed by atoms with E-state index < -0.39 is 10.8 Å². The number of rotatable bonds is 4. The molecule has 19 heavy (non-hydrogen) atoms. The number of carbonyl (C=O) groups is 1. The van der Waals surface area contributed by atoms with Gasteiger partial charge in [-0.3, -0.25) is 14.9 Å². The molecule has 1 aromatic rings. The van der Waals surface area contributed by atoms with E-state index >= 15 is 0 Å². The van der Waals surface area contributed by atoms with Gasteiger partial charge in [-0.05, 0) is 25.0 Å². The van der Waals surface area contributed by atoms with E-state index in [1.54, 1.807) is 0 Å². The molecular formula is C12H15N3O4. The Labute approximate surface area is 109 Å². The third-order valence-electron chi connectivity index (χ3n) is 3.06. The van der Waals surface area contributed by atoms with E-state index in [1.807, 2.05) is 0 Å². The first kappa shape index (κ1) is 13.3. The van der Waals surface area contributed by atoms with Gasteiger partial charge in [0, 0.05) is 30.9 Å². The monoisotopic (exact) mass is 265 g/mol. The molecule has 0 aromatic heterocycles. The fourth-order valence-corrected chi connectivity index (χ4v) is 2.03. The summed E-state index contributed by atoms with van der Waals surface area (Å²) in [6.45, 7) is 1.25. The Morgan fingerprint density at radius 1 is 1.42 bits per heavy atom. The van der Waals surface area contributed by atoms with E-state index in [1.165, 1.54) is 18.2 Å². The lowest BCUT2D eigenvalue weighted by Gasteiger charge is -2.24. The second kappa shape index (κ2) is 5.66. The van der Waals surface area contributed by atoms with Gasteiger partial charge in [0.05, 0.1) is 4.92 Å². The standard InChI is InChI=1S/C12H15N3O4/c13-12(16)8-1-2-11(15(17)18)10(7-8)14-9-3-5-19-6-4-9/h1-2,7,9,14H,3-6H2,(H2,13,16). The highest BCUT2D eigenvalue weighted by molar-refractivity contribution is 5.94. The van der Waals surface area contributed by atoms with Gasteiger partial charge >= 0.3 is 0 Å². The predicted molar refractivity (Wildman–Crippen MR) is 69.1 cm³/mol. The summed E-state index contributed by atoms with van der Waals surface area (Å²) in [6.07, 6.45) is 1.55. The highest BCUT2D eigenvalue weighted by atomic mass is 16.6. The Bertz CT molecular complexity index is 498. The predicted octanol–water partition coefficient (Wildman–Crippen LogP) is 1.28. The summed E-state index contributed by atoms with van der Waals surface area (Å²) in [5, 5.41) is 14.1. The molecule has 0 spiro atoms. The van der Waals surface area contributed by atoms with Crippen LogP contribution in [0.4, 0.5) is 11.4 Å². The molecule has 1 fully saturated rings. The molecule has 0 saturated carbocycles. The van der Waals surface area contributed by atoms with Crippen molar-refractivity contribution >= 4 is 17.3 Å². The van der Waals surface area contributed by atoms with E-state index in [-0.39, 0.29) is 17.3 Å². The van der Waals surface area contributed by atoms with Crippen LogP contribution in [0.3, 0.4) is 0 Å². The van der Waals surface area contributed by atoms with E-state index in [0.717, 1.165) is 12.8 Å². The number of hydrogen-bond donors (Lipinski definition) is 2. The number of carbonyl (C=O) groups excluding carboxylic acids is 1. The third-order valence-corrected chi connectivity index (χ3v) is 3.06. The summed E-state index contributed by atoms with van der Waals surface area (Å²) >= 11 is 0. The smallest absolute Gasteiger partial charge is 0.292 e. The molecule has 0 bridgehead atoms. The maximum atomic E-state index is 11.1. The number of primary amides is 1. The third kappa shape index (κ3) is 3.19. The van der Waals surface area contributed by atoms with Gasteiger partial charge in [-0.15, -0.1) is 0 Å². The average Bonchev–Trinajstić information content (AvgIpc) is 2.39. The van der Waals surface area contributed by atoms with Crippen LogP contribution in [0.15, 0.2) is 18.2 Å². The first-order valence-electron chi connectivity index (χ1n) is 6.00. The normalized spacial score (nSPS) is 16.0. The summed E-state index contributed by atoms with van der Waals surface area (Å²) in [5.41, 5.74) is 5.70. The number of amides is 1. The number of nitrogens with two attached hydrogens (primary N) is 1. The van der Waals surface area contributed by atoms with Crippen molar-refractivity contribution in [3.63, 3.8) is 0 Å². The number of benzene rings is 1. The van der Waals surface area contributed by atoms with E-state index in [2.05, 4.69) is 5.32 Å². The molecule has 1 aliphatic rings. The van der Waals surface area contributed by atoms with Gasteiger partial charge in [0.2, 0.25) is 5.91 Å². The number of ether oxygens (including phenoxy) is 1. The minimum absolute atomic E-state index is 0.0588. The molecule has 1 amide bonds. The van der Waals surface area contributed by atoms with Crippen molar-refractivity contribution in [3.8, 4) is 0 Å². The van der Waals surface area contributed by atoms with Crippen LogP contribution in [0.2, 0.25) is 0 Å². The van der Waals surface area contributed by atoms with Crippen LogP contribution in [-0.4, -0.2) is 30.1 Å². The van der Waals surface area contributed by atoms with Crippen LogP contribution < -0.4 is 11.1 Å². The first-order chi connectivity index (χ1) is 9.08. The second-order valence-corrected chi connectivity index (χ2v) is 4.38. The highest BCUT2D eigenvalue weighted by Crippen LogP contribution is 2.27. The lowest BCUT2D eigenvalue weighted by Crippen LogP contribution is -2.28. The van der Waals surface area contributed by atoms with Crippen molar-refractivity contribution in [2.75, 3.05) is 18.5 Å². The fourth-order valence-electron chi connectivity index (χ4n) is 2.03. The largest absolute Gasteiger partial charge is 0.381 e. The number of anilines is 1. The number of hydrogen-bond acceptors (Lipinski definition) is 5. The number of nitro groups is 1. The SMILES string of the molecule is NC(=O)c1ccc([N+](=O)[O-])c(NC2CCOCC2)c1. The van der Waals surface area contributed by atoms with Crippen molar-refractivity contribution in [1.29, 1.82) is 0 Å². The maximum Gasteiger partial charge on any atom is 0.292 e. The van der Waals surface area contributed by atoms with Crippen molar-refractivity contribution in [3.05, 3.63) is 33.9 Å². The van der Waals surface area contributed by atoms with E-state index in [0.29, 0.717) is 18.9 Å². The lowest BCUT2D eigenvalue weighted by atomic mass is 10.1. The molecule has 7 heteroatoms. The summed E-state index contributed by atoms with van der Waals surface area (Å²) in [6, 6.07) is 4.18. The minimum Gasteiger partial charge on any atom is -0.381 e. The fraction of sp³-hybridized carbons (Fsp3) is 0.417. The number of nitrogens with one attached hydrogen (secondary N) is 1. The van der Waals surface area contributed by atoms with Gasteiger partial charge in [0.1, 0.15) is 5.69 Å². The molecule has 102 valence electrons. The summed E-state index contributed by atoms with van der Waals surface area (Å²) in [7, 11) is 0. The number of nitrogens with zero attached hydrogens (tertiary/aromatic N) is 1. The van der Waals surface area contributed by atoms with Crippen LogP contribution in [0.1, 0.15) is 23.2 Å². The van der Waals surface area contributed by atoms with Gasteiger partial charge in [-0.2, -0.15) is 0 Å². The minimum atomic E-state index is -0.607. The summed E-state index contributed by atoms with van der Waals surface area (Å²) in [5.74, 6) is -0.607. The second-order valence-electron chi connectivity index (χ2n) is 4.38. The molecule has 1 heterocycles. The van der Waals surface area contributed by atoms with Crippen molar-refractivity contribution in [1.82, 2.24) is 0 Å². The summed E-state index contributed by atoms with van der Waals surface area (Å²) < 4.78 is 5.23. The first-order valence-corrected chi connectivity index (χ1v) is 6.00. The van der Waals surface area contributed by atoms with Crippen LogP contribution in [0.25, 0.3) is 0 Å². The van der Waals surface area contributed by atoms with Gasteiger partial charge in [-0.25, -0.2) is 0 Å². The summed E-state index contributed by atoms with van der Waals surface area (Å²) in [4.78, 5) is 21.6. The van der Waals surface area contributed by atoms with Crippen molar-refractivity contribution < 1.29 is 14.5 Å². The Morgan fingerprint density at radius 2 is 2.11 bits per heavy atom. The zero-order valence-corrected chi connectivity index (χ0v) is 10.3. The van der Waals surface area contributed by atoms with Crippen LogP contribution in [0, 0.1) is 10.1 Å². The molecular weight excluding hydrogens is 250 g/mol. The van der Waals surface area contributed by atoms with E-state index in [4.69, 9.17) is 10.5 Å². The molecule has 1 aliphatic heterocycles. The zero-order chi connectivity index (χ0) is 13.8. The lowest BCUT2D eigenvalue weighted by molar-refractivity contribution is -0.384. The molecule has 0 atom stereocenters. The molecule has 0 radical (unpaired) electrons. The molecule has 2 rings (SSSR count). The molecule has 3 N–H and O–H groups in total. The molecule has 0 unspecified atom stereocenters.